The van der Waals surface area contributed by atoms with Crippen molar-refractivity contribution in [2.75, 3.05) is 12.4 Å². The molecular formula is C19H17N5O3S. The van der Waals surface area contributed by atoms with E-state index in [-0.39, 0.29) is 5.92 Å². The van der Waals surface area contributed by atoms with Crippen molar-refractivity contribution < 1.29 is 14.6 Å². The highest BCUT2D eigenvalue weighted by molar-refractivity contribution is 7.19. The van der Waals surface area contributed by atoms with Gasteiger partial charge >= 0.3 is 5.97 Å². The molecule has 0 aliphatic heterocycles. The number of carboxylic acid groups (broad SMARTS) is 1. The van der Waals surface area contributed by atoms with Gasteiger partial charge in [0.25, 0.3) is 0 Å². The Morgan fingerprint density at radius 1 is 1.43 bits per heavy atom. The Balaban J connectivity index is 1.60. The van der Waals surface area contributed by atoms with Crippen LogP contribution in [0, 0.1) is 5.92 Å². The number of anilines is 2. The number of pyridine rings is 1. The van der Waals surface area contributed by atoms with E-state index in [1.54, 1.807) is 29.2 Å². The van der Waals surface area contributed by atoms with Gasteiger partial charge in [-0.05, 0) is 37.0 Å². The van der Waals surface area contributed by atoms with Gasteiger partial charge < -0.3 is 15.2 Å². The molecule has 0 amide bonds. The molecule has 1 aliphatic rings. The molecule has 0 fully saturated rings. The van der Waals surface area contributed by atoms with Gasteiger partial charge in [0.1, 0.15) is 17.0 Å². The molecule has 0 spiro atoms. The maximum atomic E-state index is 11.4. The van der Waals surface area contributed by atoms with E-state index in [0.29, 0.717) is 30.8 Å². The van der Waals surface area contributed by atoms with Crippen LogP contribution in [0.2, 0.25) is 0 Å². The number of ether oxygens (including phenoxy) is 1. The van der Waals surface area contributed by atoms with Crippen molar-refractivity contribution in [1.82, 2.24) is 19.6 Å². The Hall–Kier alpha value is -3.20. The zero-order valence-electron chi connectivity index (χ0n) is 15.0. The highest BCUT2D eigenvalue weighted by atomic mass is 32.1. The number of hydrogen-bond donors (Lipinski definition) is 2. The van der Waals surface area contributed by atoms with Crippen LogP contribution in [0.15, 0.2) is 30.9 Å². The lowest BCUT2D eigenvalue weighted by atomic mass is 9.88. The van der Waals surface area contributed by atoms with Gasteiger partial charge in [-0.2, -0.15) is 5.10 Å². The molecule has 142 valence electrons. The lowest BCUT2D eigenvalue weighted by molar-refractivity contribution is -0.142. The third-order valence-electron chi connectivity index (χ3n) is 5.17. The molecule has 0 radical (unpaired) electrons. The van der Waals surface area contributed by atoms with E-state index >= 15 is 0 Å². The third kappa shape index (κ3) is 2.66. The van der Waals surface area contributed by atoms with Gasteiger partial charge in [-0.15, -0.1) is 11.3 Å². The Morgan fingerprint density at radius 3 is 3.14 bits per heavy atom. The lowest BCUT2D eigenvalue weighted by Crippen LogP contribution is -2.21. The van der Waals surface area contributed by atoms with Crippen LogP contribution < -0.4 is 10.1 Å². The number of methoxy groups -OCH3 is 1. The van der Waals surface area contributed by atoms with Crippen LogP contribution in [0.5, 0.6) is 5.75 Å². The standard InChI is InChI=1S/C19H17N5O3S/c1-27-14-8-24-11(4-5-22-24)7-13(14)23-17-16-12-3-2-10(19(25)26)6-15(12)28-18(16)21-9-20-17/h4-5,7-10H,2-3,6H2,1H3,(H,25,26)(H,20,21,23)/t10-/m0/s1. The van der Waals surface area contributed by atoms with Crippen LogP contribution in [0.25, 0.3) is 15.7 Å². The number of hydrogen-bond acceptors (Lipinski definition) is 7. The highest BCUT2D eigenvalue weighted by Gasteiger charge is 2.29. The minimum atomic E-state index is -0.730. The van der Waals surface area contributed by atoms with Crippen molar-refractivity contribution in [2.24, 2.45) is 5.92 Å². The number of rotatable bonds is 4. The highest BCUT2D eigenvalue weighted by Crippen LogP contribution is 2.41. The maximum Gasteiger partial charge on any atom is 0.306 e. The molecule has 0 unspecified atom stereocenters. The number of nitrogens with zero attached hydrogens (tertiary/aromatic N) is 4. The van der Waals surface area contributed by atoms with Gasteiger partial charge in [0.2, 0.25) is 0 Å². The number of nitrogens with one attached hydrogen (secondary N) is 1. The summed E-state index contributed by atoms with van der Waals surface area (Å²) in [5.41, 5.74) is 2.88. The molecule has 4 aromatic rings. The van der Waals surface area contributed by atoms with Crippen molar-refractivity contribution in [2.45, 2.75) is 19.3 Å². The summed E-state index contributed by atoms with van der Waals surface area (Å²) in [4.78, 5) is 22.2. The first-order chi connectivity index (χ1) is 13.6. The number of carboxylic acids is 1. The van der Waals surface area contributed by atoms with Crippen molar-refractivity contribution >= 4 is 44.5 Å². The second-order valence-electron chi connectivity index (χ2n) is 6.77. The number of aromatic nitrogens is 4. The zero-order chi connectivity index (χ0) is 19.3. The van der Waals surface area contributed by atoms with Gasteiger partial charge in [-0.1, -0.05) is 0 Å². The van der Waals surface area contributed by atoms with Crippen LogP contribution in [0.1, 0.15) is 16.9 Å². The fraction of sp³-hybridized carbons (Fsp3) is 0.263. The monoisotopic (exact) mass is 395 g/mol. The Morgan fingerprint density at radius 2 is 2.32 bits per heavy atom. The third-order valence-corrected chi connectivity index (χ3v) is 6.33. The normalized spacial score (nSPS) is 16.2. The molecule has 4 aromatic heterocycles. The maximum absolute atomic E-state index is 11.4. The van der Waals surface area contributed by atoms with E-state index in [2.05, 4.69) is 20.4 Å². The van der Waals surface area contributed by atoms with Crippen LogP contribution >= 0.6 is 11.3 Å². The molecule has 2 N–H and O–H groups in total. The Bertz CT molecular complexity index is 1220. The Labute approximate surface area is 163 Å². The summed E-state index contributed by atoms with van der Waals surface area (Å²) in [6.07, 6.45) is 6.98. The number of fused-ring (bicyclic) bond motifs is 4. The summed E-state index contributed by atoms with van der Waals surface area (Å²) in [7, 11) is 1.61. The molecule has 8 nitrogen and oxygen atoms in total. The first kappa shape index (κ1) is 16.9. The minimum Gasteiger partial charge on any atom is -0.493 e. The molecule has 28 heavy (non-hydrogen) atoms. The van der Waals surface area contributed by atoms with Gasteiger partial charge in [0.15, 0.2) is 5.75 Å². The number of aryl methyl sites for hydroxylation is 1. The fourth-order valence-corrected chi connectivity index (χ4v) is 5.02. The predicted octanol–water partition coefficient (Wildman–Crippen LogP) is 3.28. The number of aliphatic carboxylic acids is 1. The topological polar surface area (TPSA) is 102 Å². The van der Waals surface area contributed by atoms with E-state index in [9.17, 15) is 9.90 Å². The van der Waals surface area contributed by atoms with Crippen molar-refractivity contribution in [1.29, 1.82) is 0 Å². The van der Waals surface area contributed by atoms with E-state index in [0.717, 1.165) is 31.9 Å². The van der Waals surface area contributed by atoms with Gasteiger partial charge in [-0.25, -0.2) is 14.5 Å². The Kier molecular flexibility index (Phi) is 3.90. The zero-order valence-corrected chi connectivity index (χ0v) is 15.9. The second kappa shape index (κ2) is 6.45. The predicted molar refractivity (Wildman–Crippen MR) is 106 cm³/mol. The van der Waals surface area contributed by atoms with Crippen LogP contribution in [0.4, 0.5) is 11.5 Å². The number of carbonyl (C=O) groups is 1. The van der Waals surface area contributed by atoms with E-state index in [1.807, 2.05) is 18.3 Å². The average Bonchev–Trinajstić information content (AvgIpc) is 3.30. The largest absolute Gasteiger partial charge is 0.493 e. The summed E-state index contributed by atoms with van der Waals surface area (Å²) in [6, 6.07) is 3.87. The molecule has 5 rings (SSSR count). The average molecular weight is 395 g/mol. The van der Waals surface area contributed by atoms with Crippen molar-refractivity contribution in [3.05, 3.63) is 41.3 Å². The molecule has 1 atom stereocenters. The van der Waals surface area contributed by atoms with Gasteiger partial charge in [-0.3, -0.25) is 4.79 Å². The molecule has 0 saturated carbocycles. The first-order valence-corrected chi connectivity index (χ1v) is 9.72. The second-order valence-corrected chi connectivity index (χ2v) is 7.85. The van der Waals surface area contributed by atoms with Gasteiger partial charge in [0, 0.05) is 11.1 Å². The van der Waals surface area contributed by atoms with E-state index in [1.165, 1.54) is 6.33 Å². The fourth-order valence-electron chi connectivity index (χ4n) is 3.75. The SMILES string of the molecule is COc1cn2nccc2cc1Nc1ncnc2sc3c(c12)CC[C@H](C(=O)O)C3. The molecule has 1 aliphatic carbocycles. The van der Waals surface area contributed by atoms with Crippen LogP contribution in [0.3, 0.4) is 0 Å². The first-order valence-electron chi connectivity index (χ1n) is 8.90. The smallest absolute Gasteiger partial charge is 0.306 e. The van der Waals surface area contributed by atoms with Gasteiger partial charge in [0.05, 0.1) is 35.8 Å². The van der Waals surface area contributed by atoms with Crippen molar-refractivity contribution in [3.8, 4) is 5.75 Å². The van der Waals surface area contributed by atoms with Crippen molar-refractivity contribution in [3.63, 3.8) is 0 Å². The summed E-state index contributed by atoms with van der Waals surface area (Å²) in [6.45, 7) is 0. The molecule has 9 heteroatoms. The summed E-state index contributed by atoms with van der Waals surface area (Å²) in [5, 5.41) is 18.0. The molecule has 4 heterocycles. The number of thiophene rings is 1. The molecule has 0 aromatic carbocycles. The summed E-state index contributed by atoms with van der Waals surface area (Å²) in [5.74, 6) is 0.303. The summed E-state index contributed by atoms with van der Waals surface area (Å²) >= 11 is 1.56. The molecule has 0 saturated heterocycles. The van der Waals surface area contributed by atoms with E-state index < -0.39 is 5.97 Å². The molecular weight excluding hydrogens is 378 g/mol. The summed E-state index contributed by atoms with van der Waals surface area (Å²) < 4.78 is 7.26. The quantitative estimate of drug-likeness (QED) is 0.547. The molecule has 0 bridgehead atoms. The minimum absolute atomic E-state index is 0.325. The van der Waals surface area contributed by atoms with E-state index in [4.69, 9.17) is 4.74 Å². The van der Waals surface area contributed by atoms with Crippen LogP contribution in [-0.2, 0) is 17.6 Å². The van der Waals surface area contributed by atoms with Crippen LogP contribution in [-0.4, -0.2) is 37.8 Å². The lowest BCUT2D eigenvalue weighted by Gasteiger charge is -2.19.